The maximum Gasteiger partial charge on any atom is 0.363 e. The highest BCUT2D eigenvalue weighted by atomic mass is 32.2. The van der Waals surface area contributed by atoms with Gasteiger partial charge in [0.2, 0.25) is 0 Å². The smallest absolute Gasteiger partial charge is 0.363 e. The fourth-order valence-corrected chi connectivity index (χ4v) is 3.02. The van der Waals surface area contributed by atoms with E-state index in [4.69, 9.17) is 4.74 Å². The fraction of sp³-hybridized carbons (Fsp3) is 0.111. The van der Waals surface area contributed by atoms with E-state index < -0.39 is 4.92 Å². The van der Waals surface area contributed by atoms with Crippen molar-refractivity contribution in [1.82, 2.24) is 9.97 Å². The quantitative estimate of drug-likeness (QED) is 0.367. The summed E-state index contributed by atoms with van der Waals surface area (Å²) in [5.41, 5.74) is 1.91. The van der Waals surface area contributed by atoms with Gasteiger partial charge in [0.1, 0.15) is 12.1 Å². The highest BCUT2D eigenvalue weighted by Crippen LogP contribution is 2.39. The minimum atomic E-state index is -0.512. The van der Waals surface area contributed by atoms with Gasteiger partial charge < -0.3 is 4.74 Å². The lowest BCUT2D eigenvalue weighted by Crippen LogP contribution is -2.00. The lowest BCUT2D eigenvalue weighted by Gasteiger charge is -2.09. The molecule has 1 aromatic heterocycles. The summed E-state index contributed by atoms with van der Waals surface area (Å²) in [5, 5.41) is 11.8. The van der Waals surface area contributed by atoms with E-state index in [9.17, 15) is 10.1 Å². The first-order valence-corrected chi connectivity index (χ1v) is 8.33. The molecule has 126 valence electrons. The molecule has 0 N–H and O–H groups in total. The van der Waals surface area contributed by atoms with Crippen LogP contribution in [-0.4, -0.2) is 14.9 Å². The zero-order chi connectivity index (χ0) is 17.8. The molecule has 0 fully saturated rings. The fourth-order valence-electron chi connectivity index (χ4n) is 2.14. The van der Waals surface area contributed by atoms with Crippen LogP contribution in [0.1, 0.15) is 11.1 Å². The maximum absolute atomic E-state index is 11.6. The summed E-state index contributed by atoms with van der Waals surface area (Å²) >= 11 is 1.20. The van der Waals surface area contributed by atoms with Crippen molar-refractivity contribution < 1.29 is 9.66 Å². The molecule has 0 aliphatic rings. The van der Waals surface area contributed by atoms with Gasteiger partial charge in [0.15, 0.2) is 5.03 Å². The van der Waals surface area contributed by atoms with Crippen LogP contribution in [0.25, 0.3) is 0 Å². The molecule has 1 heterocycles. The molecule has 0 bridgehead atoms. The summed E-state index contributed by atoms with van der Waals surface area (Å²) in [6.07, 6.45) is 1.27. The van der Waals surface area contributed by atoms with Crippen LogP contribution in [0.4, 0.5) is 5.69 Å². The lowest BCUT2D eigenvalue weighted by molar-refractivity contribution is -0.389. The third-order valence-corrected chi connectivity index (χ3v) is 4.59. The van der Waals surface area contributed by atoms with Crippen LogP contribution in [0.2, 0.25) is 0 Å². The molecule has 0 saturated heterocycles. The number of nitrogens with zero attached hydrogens (tertiary/aromatic N) is 3. The number of rotatable bonds is 5. The van der Waals surface area contributed by atoms with Crippen molar-refractivity contribution in [3.63, 3.8) is 0 Å². The van der Waals surface area contributed by atoms with Crippen molar-refractivity contribution in [2.75, 3.05) is 0 Å². The normalized spacial score (nSPS) is 10.5. The largest absolute Gasteiger partial charge is 0.434 e. The minimum Gasteiger partial charge on any atom is -0.434 e. The maximum atomic E-state index is 11.6. The van der Waals surface area contributed by atoms with E-state index in [1.54, 1.807) is 6.07 Å². The predicted octanol–water partition coefficient (Wildman–Crippen LogP) is 4.95. The van der Waals surface area contributed by atoms with Crippen molar-refractivity contribution in [2.45, 2.75) is 23.8 Å². The molecule has 2 aromatic carbocycles. The van der Waals surface area contributed by atoms with Crippen molar-refractivity contribution in [3.8, 4) is 11.6 Å². The summed E-state index contributed by atoms with van der Waals surface area (Å²) in [5.74, 6) is 0.433. The standard InChI is InChI=1S/C18H15N3O3S/c1-12-8-9-14(10-13(12)2)24-17-16(21(22)23)18(20-11-19-17)25-15-6-4-3-5-7-15/h3-11H,1-2H3. The summed E-state index contributed by atoms with van der Waals surface area (Å²) in [6, 6.07) is 14.8. The van der Waals surface area contributed by atoms with Gasteiger partial charge >= 0.3 is 11.6 Å². The Labute approximate surface area is 149 Å². The highest BCUT2D eigenvalue weighted by Gasteiger charge is 2.25. The van der Waals surface area contributed by atoms with Gasteiger partial charge in [0, 0.05) is 4.90 Å². The number of benzene rings is 2. The number of aryl methyl sites for hydroxylation is 2. The number of ether oxygens (including phenoxy) is 1. The summed E-state index contributed by atoms with van der Waals surface area (Å²) in [4.78, 5) is 19.9. The molecule has 0 unspecified atom stereocenters. The Morgan fingerprint density at radius 1 is 1.04 bits per heavy atom. The van der Waals surface area contributed by atoms with Gasteiger partial charge in [0.25, 0.3) is 0 Å². The van der Waals surface area contributed by atoms with Gasteiger partial charge in [-0.05, 0) is 49.2 Å². The average molecular weight is 353 g/mol. The molecule has 25 heavy (non-hydrogen) atoms. The van der Waals surface area contributed by atoms with Crippen LogP contribution in [0, 0.1) is 24.0 Å². The van der Waals surface area contributed by atoms with Crippen LogP contribution in [-0.2, 0) is 0 Å². The number of hydrogen-bond acceptors (Lipinski definition) is 6. The molecule has 6 nitrogen and oxygen atoms in total. The van der Waals surface area contributed by atoms with Crippen molar-refractivity contribution in [1.29, 1.82) is 0 Å². The Kier molecular flexibility index (Phi) is 4.95. The Morgan fingerprint density at radius 3 is 2.48 bits per heavy atom. The minimum absolute atomic E-state index is 0.0679. The van der Waals surface area contributed by atoms with Crippen LogP contribution in [0.3, 0.4) is 0 Å². The first-order valence-electron chi connectivity index (χ1n) is 7.52. The van der Waals surface area contributed by atoms with E-state index in [0.29, 0.717) is 5.75 Å². The zero-order valence-corrected chi connectivity index (χ0v) is 14.5. The summed E-state index contributed by atoms with van der Waals surface area (Å²) in [7, 11) is 0. The molecule has 0 saturated carbocycles. The third kappa shape index (κ3) is 3.95. The van der Waals surface area contributed by atoms with Gasteiger partial charge in [-0.2, -0.15) is 4.98 Å². The van der Waals surface area contributed by atoms with E-state index in [-0.39, 0.29) is 16.6 Å². The Morgan fingerprint density at radius 2 is 1.80 bits per heavy atom. The molecule has 0 spiro atoms. The zero-order valence-electron chi connectivity index (χ0n) is 13.7. The molecule has 7 heteroatoms. The SMILES string of the molecule is Cc1ccc(Oc2ncnc(Sc3ccccc3)c2[N+](=O)[O-])cc1C. The van der Waals surface area contributed by atoms with Crippen molar-refractivity contribution in [3.05, 3.63) is 76.1 Å². The second kappa shape index (κ2) is 7.31. The second-order valence-electron chi connectivity index (χ2n) is 5.35. The molecule has 0 aliphatic heterocycles. The molecule has 0 atom stereocenters. The molecular formula is C18H15N3O3S. The topological polar surface area (TPSA) is 78.2 Å². The van der Waals surface area contributed by atoms with Crippen LogP contribution in [0.5, 0.6) is 11.6 Å². The Balaban J connectivity index is 1.97. The number of hydrogen-bond donors (Lipinski definition) is 0. The molecule has 0 radical (unpaired) electrons. The number of aromatic nitrogens is 2. The third-order valence-electron chi connectivity index (χ3n) is 3.59. The second-order valence-corrected chi connectivity index (χ2v) is 6.42. The van der Waals surface area contributed by atoms with E-state index in [2.05, 4.69) is 9.97 Å². The van der Waals surface area contributed by atoms with Crippen LogP contribution >= 0.6 is 11.8 Å². The summed E-state index contributed by atoms with van der Waals surface area (Å²) in [6.45, 7) is 3.94. The monoisotopic (exact) mass is 353 g/mol. The summed E-state index contributed by atoms with van der Waals surface area (Å²) < 4.78 is 5.68. The Bertz CT molecular complexity index is 917. The molecular weight excluding hydrogens is 338 g/mol. The lowest BCUT2D eigenvalue weighted by atomic mass is 10.1. The van der Waals surface area contributed by atoms with Crippen LogP contribution < -0.4 is 4.74 Å². The predicted molar refractivity (Wildman–Crippen MR) is 95.2 cm³/mol. The van der Waals surface area contributed by atoms with Gasteiger partial charge in [-0.3, -0.25) is 10.1 Å². The first kappa shape index (κ1) is 16.9. The van der Waals surface area contributed by atoms with Gasteiger partial charge in [-0.1, -0.05) is 36.0 Å². The van der Waals surface area contributed by atoms with Crippen molar-refractivity contribution in [2.24, 2.45) is 0 Å². The highest BCUT2D eigenvalue weighted by molar-refractivity contribution is 7.99. The van der Waals surface area contributed by atoms with Gasteiger partial charge in [-0.15, -0.1) is 0 Å². The molecule has 3 aromatic rings. The van der Waals surface area contributed by atoms with E-state index in [1.165, 1.54) is 18.1 Å². The Hall–Kier alpha value is -2.93. The molecule has 0 aliphatic carbocycles. The number of nitro groups is 1. The van der Waals surface area contributed by atoms with E-state index >= 15 is 0 Å². The van der Waals surface area contributed by atoms with E-state index in [0.717, 1.165) is 16.0 Å². The average Bonchev–Trinajstić information content (AvgIpc) is 2.59. The van der Waals surface area contributed by atoms with E-state index in [1.807, 2.05) is 56.3 Å². The first-order chi connectivity index (χ1) is 12.0. The van der Waals surface area contributed by atoms with Crippen molar-refractivity contribution >= 4 is 17.4 Å². The van der Waals surface area contributed by atoms with Gasteiger partial charge in [-0.25, -0.2) is 4.98 Å². The molecule has 3 rings (SSSR count). The van der Waals surface area contributed by atoms with Gasteiger partial charge in [0.05, 0.1) is 4.92 Å². The van der Waals surface area contributed by atoms with Crippen LogP contribution in [0.15, 0.2) is 64.8 Å². The molecule has 0 amide bonds.